The zero-order valence-electron chi connectivity index (χ0n) is 19.9. The molecule has 1 aromatic carbocycles. The van der Waals surface area contributed by atoms with Crippen LogP contribution in [-0.2, 0) is 0 Å². The number of unbranched alkanes of at least 4 members (excludes halogenated alkanes) is 3. The minimum atomic E-state index is 0.852. The first kappa shape index (κ1) is 24.0. The van der Waals surface area contributed by atoms with E-state index in [1.54, 1.807) is 0 Å². The normalized spacial score (nSPS) is 15.7. The summed E-state index contributed by atoms with van der Waals surface area (Å²) in [4.78, 5) is 7.44. The summed E-state index contributed by atoms with van der Waals surface area (Å²) < 4.78 is 0. The molecule has 1 saturated heterocycles. The van der Waals surface area contributed by atoms with E-state index in [0.717, 1.165) is 40.3 Å². The second-order valence-electron chi connectivity index (χ2n) is 8.72. The van der Waals surface area contributed by atoms with Gasteiger partial charge in [0.1, 0.15) is 5.84 Å². The molecule has 0 spiro atoms. The number of piperidine rings is 1. The lowest BCUT2D eigenvalue weighted by molar-refractivity contribution is 0.224. The van der Waals surface area contributed by atoms with Gasteiger partial charge in [-0.2, -0.15) is 5.10 Å². The second-order valence-corrected chi connectivity index (χ2v) is 8.72. The number of hydrogen-bond donors (Lipinski definition) is 2. The van der Waals surface area contributed by atoms with Crippen molar-refractivity contribution in [2.75, 3.05) is 19.6 Å². The van der Waals surface area contributed by atoms with Gasteiger partial charge in [-0.05, 0) is 82.8 Å². The second kappa shape index (κ2) is 13.0. The fourth-order valence-electron chi connectivity index (χ4n) is 4.27. The maximum Gasteiger partial charge on any atom is 0.103 e. The smallest absolute Gasteiger partial charge is 0.103 e. The summed E-state index contributed by atoms with van der Waals surface area (Å²) in [7, 11) is 0. The maximum absolute atomic E-state index is 4.81. The summed E-state index contributed by atoms with van der Waals surface area (Å²) in [5.41, 5.74) is 5.23. The third-order valence-electron chi connectivity index (χ3n) is 6.12. The fraction of sp³-hybridized carbons (Fsp3) is 0.481. The molecule has 3 rings (SSSR count). The molecule has 1 aliphatic heterocycles. The number of amidine groups is 1. The van der Waals surface area contributed by atoms with E-state index in [0.29, 0.717) is 0 Å². The van der Waals surface area contributed by atoms with E-state index in [2.05, 4.69) is 58.2 Å². The molecule has 1 fully saturated rings. The zero-order valence-corrected chi connectivity index (χ0v) is 19.9. The molecule has 0 radical (unpaired) electrons. The zero-order chi connectivity index (χ0) is 22.6. The molecule has 0 saturated carbocycles. The number of benzene rings is 1. The van der Waals surface area contributed by atoms with E-state index in [1.165, 1.54) is 64.6 Å². The Morgan fingerprint density at radius 2 is 1.97 bits per heavy atom. The molecule has 0 atom stereocenters. The molecule has 5 heteroatoms. The third kappa shape index (κ3) is 7.79. The minimum absolute atomic E-state index is 0.852. The standard InChI is InChI=1S/C27H39N5/c1-4-27(15-8-5-6-9-16-32-17-10-7-11-18-32)31-23(3)30-22(2)24-13-12-14-25(19-24)26-20-28-29-21-26/h4,12-14,19-21H,2,5-11,15-18H2,1,3H3,(H,28,29)(H,30,31)/b27-4-. The lowest BCUT2D eigenvalue weighted by atomic mass is 10.0. The highest BCUT2D eigenvalue weighted by Gasteiger charge is 2.09. The van der Waals surface area contributed by atoms with Crippen LogP contribution in [0.2, 0.25) is 0 Å². The molecular formula is C27H39N5. The average molecular weight is 434 g/mol. The third-order valence-corrected chi connectivity index (χ3v) is 6.12. The average Bonchev–Trinajstić information content (AvgIpc) is 3.36. The number of hydrogen-bond acceptors (Lipinski definition) is 3. The first-order valence-electron chi connectivity index (χ1n) is 12.1. The summed E-state index contributed by atoms with van der Waals surface area (Å²) >= 11 is 0. The van der Waals surface area contributed by atoms with Crippen molar-refractivity contribution < 1.29 is 0 Å². The molecule has 5 nitrogen and oxygen atoms in total. The van der Waals surface area contributed by atoms with Crippen LogP contribution in [0.25, 0.3) is 16.8 Å². The van der Waals surface area contributed by atoms with Crippen molar-refractivity contribution in [2.45, 2.75) is 65.2 Å². The van der Waals surface area contributed by atoms with Gasteiger partial charge in [-0.25, -0.2) is 4.99 Å². The number of nitrogens with zero attached hydrogens (tertiary/aromatic N) is 3. The Labute approximate surface area is 193 Å². The number of nitrogens with one attached hydrogen (secondary N) is 2. The minimum Gasteiger partial charge on any atom is -0.344 e. The van der Waals surface area contributed by atoms with E-state index < -0.39 is 0 Å². The van der Waals surface area contributed by atoms with Gasteiger partial charge < -0.3 is 10.2 Å². The Balaban J connectivity index is 1.40. The van der Waals surface area contributed by atoms with E-state index in [1.807, 2.05) is 25.4 Å². The van der Waals surface area contributed by atoms with Gasteiger partial charge in [0.2, 0.25) is 0 Å². The van der Waals surface area contributed by atoms with Crippen molar-refractivity contribution in [3.05, 3.63) is 60.6 Å². The molecule has 2 heterocycles. The van der Waals surface area contributed by atoms with Crippen LogP contribution in [0.3, 0.4) is 0 Å². The molecule has 2 N–H and O–H groups in total. The summed E-state index contributed by atoms with van der Waals surface area (Å²) in [6.45, 7) is 12.2. The van der Waals surface area contributed by atoms with Crippen LogP contribution in [0.4, 0.5) is 0 Å². The molecular weight excluding hydrogens is 394 g/mol. The van der Waals surface area contributed by atoms with Gasteiger partial charge in [0.05, 0.1) is 6.20 Å². The van der Waals surface area contributed by atoms with Crippen molar-refractivity contribution in [1.29, 1.82) is 0 Å². The van der Waals surface area contributed by atoms with Gasteiger partial charge in [0.25, 0.3) is 0 Å². The van der Waals surface area contributed by atoms with Crippen LogP contribution in [-0.4, -0.2) is 40.6 Å². The predicted octanol–water partition coefficient (Wildman–Crippen LogP) is 6.40. The monoisotopic (exact) mass is 433 g/mol. The van der Waals surface area contributed by atoms with Gasteiger partial charge in [-0.3, -0.25) is 5.10 Å². The largest absolute Gasteiger partial charge is 0.344 e. The highest BCUT2D eigenvalue weighted by molar-refractivity contribution is 5.89. The quantitative estimate of drug-likeness (QED) is 0.245. The Morgan fingerprint density at radius 3 is 2.72 bits per heavy atom. The molecule has 2 aromatic rings. The van der Waals surface area contributed by atoms with Crippen LogP contribution in [0.1, 0.15) is 70.8 Å². The van der Waals surface area contributed by atoms with E-state index in [-0.39, 0.29) is 0 Å². The number of H-pyrrole nitrogens is 1. The number of aromatic nitrogens is 2. The van der Waals surface area contributed by atoms with Crippen LogP contribution < -0.4 is 5.32 Å². The van der Waals surface area contributed by atoms with Gasteiger partial charge >= 0.3 is 0 Å². The van der Waals surface area contributed by atoms with Crippen molar-refractivity contribution in [3.63, 3.8) is 0 Å². The Bertz CT molecular complexity index is 889. The van der Waals surface area contributed by atoms with Crippen molar-refractivity contribution in [3.8, 4) is 11.1 Å². The number of rotatable bonds is 11. The summed E-state index contributed by atoms with van der Waals surface area (Å²) in [6, 6.07) is 8.30. The van der Waals surface area contributed by atoms with Crippen molar-refractivity contribution in [1.82, 2.24) is 20.4 Å². The highest BCUT2D eigenvalue weighted by atomic mass is 15.1. The first-order valence-corrected chi connectivity index (χ1v) is 12.1. The van der Waals surface area contributed by atoms with Crippen LogP contribution in [0.5, 0.6) is 0 Å². The molecule has 0 unspecified atom stereocenters. The van der Waals surface area contributed by atoms with E-state index >= 15 is 0 Å². The van der Waals surface area contributed by atoms with Gasteiger partial charge in [0, 0.05) is 23.2 Å². The van der Waals surface area contributed by atoms with Gasteiger partial charge in [0.15, 0.2) is 0 Å². The predicted molar refractivity (Wildman–Crippen MR) is 136 cm³/mol. The van der Waals surface area contributed by atoms with Crippen molar-refractivity contribution in [2.24, 2.45) is 4.99 Å². The summed E-state index contributed by atoms with van der Waals surface area (Å²) in [6.07, 6.45) is 16.2. The first-order chi connectivity index (χ1) is 15.7. The van der Waals surface area contributed by atoms with E-state index in [9.17, 15) is 0 Å². The summed E-state index contributed by atoms with van der Waals surface area (Å²) in [5, 5.41) is 10.3. The molecule has 172 valence electrons. The Hall–Kier alpha value is -2.66. The highest BCUT2D eigenvalue weighted by Crippen LogP contribution is 2.21. The number of likely N-dealkylation sites (tertiary alicyclic amines) is 1. The molecule has 32 heavy (non-hydrogen) atoms. The van der Waals surface area contributed by atoms with Crippen LogP contribution in [0.15, 0.2) is 60.0 Å². The fourth-order valence-corrected chi connectivity index (χ4v) is 4.27. The molecule has 1 aliphatic rings. The Kier molecular flexibility index (Phi) is 9.76. The SMILES string of the molecule is C=C(N/C(C)=N/C(=C\C)CCCCCCN1CCCCC1)c1cccc(-c2cn[nH]c2)c1. The number of aliphatic imine (C=N–C) groups is 1. The summed E-state index contributed by atoms with van der Waals surface area (Å²) in [5.74, 6) is 0.877. The lowest BCUT2D eigenvalue weighted by Crippen LogP contribution is -2.30. The van der Waals surface area contributed by atoms with Crippen molar-refractivity contribution >= 4 is 11.5 Å². The number of aromatic amines is 1. The van der Waals surface area contributed by atoms with Gasteiger partial charge in [-0.1, -0.05) is 50.1 Å². The molecule has 0 bridgehead atoms. The topological polar surface area (TPSA) is 56.3 Å². The van der Waals surface area contributed by atoms with Gasteiger partial charge in [-0.15, -0.1) is 0 Å². The number of allylic oxidation sites excluding steroid dienone is 2. The van der Waals surface area contributed by atoms with E-state index in [4.69, 9.17) is 4.99 Å². The Morgan fingerprint density at radius 1 is 1.16 bits per heavy atom. The molecule has 1 aromatic heterocycles. The van der Waals surface area contributed by atoms with Crippen LogP contribution in [0, 0.1) is 0 Å². The molecule has 0 amide bonds. The molecule has 0 aliphatic carbocycles. The lowest BCUT2D eigenvalue weighted by Gasteiger charge is -2.26. The van der Waals surface area contributed by atoms with Crippen LogP contribution >= 0.6 is 0 Å². The maximum atomic E-state index is 4.81.